The van der Waals surface area contributed by atoms with Crippen molar-refractivity contribution in [1.29, 1.82) is 0 Å². The Morgan fingerprint density at radius 2 is 2.04 bits per heavy atom. The van der Waals surface area contributed by atoms with Crippen molar-refractivity contribution in [2.45, 2.75) is 26.3 Å². The third kappa shape index (κ3) is 3.13. The van der Waals surface area contributed by atoms with Crippen LogP contribution in [-0.4, -0.2) is 16.2 Å². The van der Waals surface area contributed by atoms with Crippen LogP contribution in [0.4, 0.5) is 0 Å². The van der Waals surface area contributed by atoms with Crippen molar-refractivity contribution in [3.63, 3.8) is 0 Å². The lowest BCUT2D eigenvalue weighted by molar-refractivity contribution is 0.317. The van der Waals surface area contributed by atoms with Gasteiger partial charge >= 0.3 is 0 Å². The largest absolute Gasteiger partial charge is 0.494 e. The molecule has 0 spiro atoms. The van der Waals surface area contributed by atoms with E-state index < -0.39 is 0 Å². The van der Waals surface area contributed by atoms with Crippen molar-refractivity contribution in [2.24, 2.45) is 0 Å². The van der Waals surface area contributed by atoms with Crippen LogP contribution in [0, 0.1) is 0 Å². The number of rotatable bonds is 4. The van der Waals surface area contributed by atoms with Crippen molar-refractivity contribution in [2.75, 3.05) is 6.61 Å². The fourth-order valence-electron chi connectivity index (χ4n) is 3.21. The minimum atomic E-state index is -0.0285. The van der Waals surface area contributed by atoms with Gasteiger partial charge in [-0.3, -0.25) is 9.36 Å². The molecule has 0 amide bonds. The van der Waals surface area contributed by atoms with E-state index in [4.69, 9.17) is 21.3 Å². The van der Waals surface area contributed by atoms with Crippen molar-refractivity contribution in [3.05, 3.63) is 69.2 Å². The van der Waals surface area contributed by atoms with Gasteiger partial charge in [-0.25, -0.2) is 4.98 Å². The molecule has 26 heavy (non-hydrogen) atoms. The number of halogens is 1. The van der Waals surface area contributed by atoms with Gasteiger partial charge in [-0.15, -0.1) is 0 Å². The summed E-state index contributed by atoms with van der Waals surface area (Å²) in [4.78, 5) is 17.4. The van der Waals surface area contributed by atoms with Crippen molar-refractivity contribution < 1.29 is 4.74 Å². The molecule has 1 aromatic heterocycles. The Bertz CT molecular complexity index is 1050. The number of hydrogen-bond acceptors (Lipinski definition) is 3. The molecule has 3 aromatic rings. The third-order valence-electron chi connectivity index (χ3n) is 4.50. The summed E-state index contributed by atoms with van der Waals surface area (Å²) >= 11 is 6.02. The average Bonchev–Trinajstić information content (AvgIpc) is 3.05. The van der Waals surface area contributed by atoms with E-state index in [2.05, 4.69) is 13.0 Å². The molecule has 0 bridgehead atoms. The predicted octanol–water partition coefficient (Wildman–Crippen LogP) is 4.78. The molecule has 0 fully saturated rings. The van der Waals surface area contributed by atoms with E-state index in [1.54, 1.807) is 22.8 Å². The van der Waals surface area contributed by atoms with Crippen LogP contribution in [-0.2, 0) is 6.54 Å². The summed E-state index contributed by atoms with van der Waals surface area (Å²) in [7, 11) is 0. The molecule has 132 valence electrons. The maximum Gasteiger partial charge on any atom is 0.261 e. The van der Waals surface area contributed by atoms with E-state index in [1.807, 2.05) is 24.3 Å². The van der Waals surface area contributed by atoms with Gasteiger partial charge in [-0.1, -0.05) is 30.7 Å². The maximum atomic E-state index is 12.7. The Morgan fingerprint density at radius 3 is 2.81 bits per heavy atom. The van der Waals surface area contributed by atoms with Crippen LogP contribution in [0.15, 0.2) is 47.3 Å². The molecule has 1 aliphatic rings. The first kappa shape index (κ1) is 16.9. The smallest absolute Gasteiger partial charge is 0.261 e. The summed E-state index contributed by atoms with van der Waals surface area (Å²) in [6.45, 7) is 3.45. The van der Waals surface area contributed by atoms with Crippen LogP contribution in [0.2, 0.25) is 5.02 Å². The highest BCUT2D eigenvalue weighted by atomic mass is 35.5. The highest BCUT2D eigenvalue weighted by molar-refractivity contribution is 6.31. The Balaban J connectivity index is 1.71. The minimum Gasteiger partial charge on any atom is -0.494 e. The molecule has 4 nitrogen and oxygen atoms in total. The second-order valence-electron chi connectivity index (χ2n) is 6.39. The van der Waals surface area contributed by atoms with E-state index in [1.165, 1.54) is 0 Å². The van der Waals surface area contributed by atoms with Crippen molar-refractivity contribution in [1.82, 2.24) is 9.55 Å². The van der Waals surface area contributed by atoms with Gasteiger partial charge in [-0.05, 0) is 60.4 Å². The molecular formula is C21H19ClN2O2. The van der Waals surface area contributed by atoms with Gasteiger partial charge in [0.15, 0.2) is 0 Å². The van der Waals surface area contributed by atoms with Gasteiger partial charge in [-0.2, -0.15) is 0 Å². The number of nitrogens with zero attached hydrogens (tertiary/aromatic N) is 2. The lowest BCUT2D eigenvalue weighted by atomic mass is 10.1. The molecule has 0 N–H and O–H groups in total. The summed E-state index contributed by atoms with van der Waals surface area (Å²) in [5.74, 6) is 1.62. The molecule has 0 atom stereocenters. The minimum absolute atomic E-state index is 0.0285. The van der Waals surface area contributed by atoms with Gasteiger partial charge in [0.2, 0.25) is 0 Å². The number of hydrogen-bond donors (Lipinski definition) is 0. The number of aromatic nitrogens is 2. The van der Waals surface area contributed by atoms with Crippen LogP contribution in [0.25, 0.3) is 22.6 Å². The molecule has 5 heteroatoms. The maximum absolute atomic E-state index is 12.7. The fourth-order valence-corrected chi connectivity index (χ4v) is 3.38. The average molecular weight is 367 g/mol. The zero-order valence-electron chi connectivity index (χ0n) is 14.5. The van der Waals surface area contributed by atoms with Gasteiger partial charge in [0.05, 0.1) is 17.5 Å². The van der Waals surface area contributed by atoms with Crippen LogP contribution in [0.1, 0.15) is 31.2 Å². The van der Waals surface area contributed by atoms with E-state index in [0.29, 0.717) is 22.5 Å². The first-order valence-electron chi connectivity index (χ1n) is 8.79. The second kappa shape index (κ2) is 6.96. The Hall–Kier alpha value is -2.59. The molecule has 0 saturated heterocycles. The van der Waals surface area contributed by atoms with Crippen molar-refractivity contribution in [3.8, 4) is 5.75 Å². The molecule has 2 aromatic carbocycles. The Kier molecular flexibility index (Phi) is 4.51. The van der Waals surface area contributed by atoms with E-state index in [9.17, 15) is 4.79 Å². The molecule has 2 heterocycles. The Labute approximate surface area is 156 Å². The summed E-state index contributed by atoms with van der Waals surface area (Å²) < 4.78 is 7.36. The molecule has 0 saturated carbocycles. The van der Waals surface area contributed by atoms with Crippen LogP contribution < -0.4 is 10.3 Å². The highest BCUT2D eigenvalue weighted by Crippen LogP contribution is 2.28. The van der Waals surface area contributed by atoms with E-state index >= 15 is 0 Å². The van der Waals surface area contributed by atoms with E-state index in [0.717, 1.165) is 42.2 Å². The zero-order chi connectivity index (χ0) is 18.1. The molecule has 1 aliphatic heterocycles. The monoisotopic (exact) mass is 366 g/mol. The summed E-state index contributed by atoms with van der Waals surface area (Å²) in [5, 5.41) is 1.12. The standard InChI is InChI=1S/C21H19ClN2O2/c1-2-11-26-17-6-3-14(4-7-17)12-15-9-10-24-20(15)23-19-8-5-16(22)13-18(19)21(24)25/h3-8,12-13H,2,9-11H2,1H3/b15-12+. The summed E-state index contributed by atoms with van der Waals surface area (Å²) in [5.41, 5.74) is 2.80. The number of ether oxygens (including phenoxy) is 1. The number of allylic oxidation sites excluding steroid dienone is 1. The quantitative estimate of drug-likeness (QED) is 0.667. The summed E-state index contributed by atoms with van der Waals surface area (Å²) in [6, 6.07) is 13.3. The van der Waals surface area contributed by atoms with Gasteiger partial charge < -0.3 is 4.74 Å². The van der Waals surface area contributed by atoms with Crippen LogP contribution >= 0.6 is 11.6 Å². The first-order valence-corrected chi connectivity index (χ1v) is 9.17. The third-order valence-corrected chi connectivity index (χ3v) is 4.74. The SMILES string of the molecule is CCCOc1ccc(/C=C2\CCn3c2nc2ccc(Cl)cc2c3=O)cc1. The fraction of sp³-hybridized carbons (Fsp3) is 0.238. The van der Waals surface area contributed by atoms with Gasteiger partial charge in [0.25, 0.3) is 5.56 Å². The number of fused-ring (bicyclic) bond motifs is 2. The molecular weight excluding hydrogens is 348 g/mol. The zero-order valence-corrected chi connectivity index (χ0v) is 15.3. The topological polar surface area (TPSA) is 44.1 Å². The number of benzene rings is 2. The molecule has 0 aliphatic carbocycles. The second-order valence-corrected chi connectivity index (χ2v) is 6.83. The molecule has 0 unspecified atom stereocenters. The lowest BCUT2D eigenvalue weighted by Gasteiger charge is -2.06. The van der Waals surface area contributed by atoms with Gasteiger partial charge in [0, 0.05) is 11.6 Å². The van der Waals surface area contributed by atoms with Crippen LogP contribution in [0.5, 0.6) is 5.75 Å². The van der Waals surface area contributed by atoms with Gasteiger partial charge in [0.1, 0.15) is 11.6 Å². The van der Waals surface area contributed by atoms with Crippen LogP contribution in [0.3, 0.4) is 0 Å². The molecule has 4 rings (SSSR count). The summed E-state index contributed by atoms with van der Waals surface area (Å²) in [6.07, 6.45) is 3.87. The predicted molar refractivity (Wildman–Crippen MR) is 106 cm³/mol. The Morgan fingerprint density at radius 1 is 1.23 bits per heavy atom. The first-order chi connectivity index (χ1) is 12.7. The normalized spacial score (nSPS) is 14.8. The lowest BCUT2D eigenvalue weighted by Crippen LogP contribution is -2.20. The van der Waals surface area contributed by atoms with Crippen molar-refractivity contribution >= 4 is 34.2 Å². The highest BCUT2D eigenvalue weighted by Gasteiger charge is 2.20. The van der Waals surface area contributed by atoms with E-state index in [-0.39, 0.29) is 5.56 Å². The molecule has 0 radical (unpaired) electrons.